The molecule has 0 aliphatic rings. The van der Waals surface area contributed by atoms with E-state index in [9.17, 15) is 17.6 Å². The van der Waals surface area contributed by atoms with Gasteiger partial charge < -0.3 is 10.5 Å². The van der Waals surface area contributed by atoms with Gasteiger partial charge in [-0.1, -0.05) is 12.1 Å². The Morgan fingerprint density at radius 1 is 1.24 bits per heavy atom. The average Bonchev–Trinajstić information content (AvgIpc) is 2.28. The van der Waals surface area contributed by atoms with Crippen LogP contribution in [0.4, 0.5) is 17.6 Å². The predicted octanol–water partition coefficient (Wildman–Crippen LogP) is 2.77. The van der Waals surface area contributed by atoms with Crippen LogP contribution in [0, 0.1) is 0 Å². The first kappa shape index (κ1) is 13.8. The van der Waals surface area contributed by atoms with Gasteiger partial charge in [0.25, 0.3) is 0 Å². The van der Waals surface area contributed by atoms with E-state index in [1.807, 2.05) is 0 Å². The van der Waals surface area contributed by atoms with Crippen molar-refractivity contribution in [2.75, 3.05) is 13.7 Å². The second-order valence-electron chi connectivity index (χ2n) is 3.57. The standard InChI is InChI=1S/C11H13F4NO/c1-17-9-4-2-3-8(7-9)10(12,5-6-16)11(13,14)15/h2-4,7H,5-6,16H2,1H3. The number of nitrogens with two attached hydrogens (primary N) is 1. The fourth-order valence-electron chi connectivity index (χ4n) is 1.52. The van der Waals surface area contributed by atoms with E-state index in [0.717, 1.165) is 12.1 Å². The maximum absolute atomic E-state index is 14.1. The molecule has 0 bridgehead atoms. The molecule has 6 heteroatoms. The molecule has 1 unspecified atom stereocenters. The van der Waals surface area contributed by atoms with Gasteiger partial charge in [-0.15, -0.1) is 0 Å². The molecule has 0 aliphatic heterocycles. The second-order valence-corrected chi connectivity index (χ2v) is 3.57. The molecule has 0 saturated carbocycles. The van der Waals surface area contributed by atoms with E-state index in [2.05, 4.69) is 0 Å². The van der Waals surface area contributed by atoms with Crippen molar-refractivity contribution in [3.63, 3.8) is 0 Å². The topological polar surface area (TPSA) is 35.2 Å². The summed E-state index contributed by atoms with van der Waals surface area (Å²) in [5.74, 6) is 0.172. The van der Waals surface area contributed by atoms with Crippen LogP contribution in [0.5, 0.6) is 5.75 Å². The number of alkyl halides is 4. The van der Waals surface area contributed by atoms with Crippen LogP contribution in [0.3, 0.4) is 0 Å². The van der Waals surface area contributed by atoms with Crippen LogP contribution in [0.2, 0.25) is 0 Å². The third-order valence-corrected chi connectivity index (χ3v) is 2.47. The van der Waals surface area contributed by atoms with Gasteiger partial charge in [0.2, 0.25) is 5.67 Å². The van der Waals surface area contributed by atoms with Crippen LogP contribution >= 0.6 is 0 Å². The number of rotatable bonds is 4. The number of methoxy groups -OCH3 is 1. The maximum Gasteiger partial charge on any atom is 0.426 e. The minimum atomic E-state index is -5.00. The van der Waals surface area contributed by atoms with Gasteiger partial charge in [0.15, 0.2) is 0 Å². The number of benzene rings is 1. The maximum atomic E-state index is 14.1. The van der Waals surface area contributed by atoms with E-state index >= 15 is 0 Å². The van der Waals surface area contributed by atoms with Crippen LogP contribution in [0.25, 0.3) is 0 Å². The van der Waals surface area contributed by atoms with Crippen molar-refractivity contribution in [2.24, 2.45) is 5.73 Å². The molecule has 0 saturated heterocycles. The summed E-state index contributed by atoms with van der Waals surface area (Å²) in [5, 5.41) is 0. The fourth-order valence-corrected chi connectivity index (χ4v) is 1.52. The smallest absolute Gasteiger partial charge is 0.426 e. The lowest BCUT2D eigenvalue weighted by molar-refractivity contribution is -0.237. The molecule has 17 heavy (non-hydrogen) atoms. The van der Waals surface area contributed by atoms with E-state index in [0.29, 0.717) is 0 Å². The van der Waals surface area contributed by atoms with Crippen molar-refractivity contribution >= 4 is 0 Å². The molecule has 1 aromatic carbocycles. The Labute approximate surface area is 96.4 Å². The fraction of sp³-hybridized carbons (Fsp3) is 0.455. The van der Waals surface area contributed by atoms with Crippen molar-refractivity contribution in [3.05, 3.63) is 29.8 Å². The predicted molar refractivity (Wildman–Crippen MR) is 55.5 cm³/mol. The summed E-state index contributed by atoms with van der Waals surface area (Å²) >= 11 is 0. The minimum absolute atomic E-state index is 0.172. The molecule has 0 aromatic heterocycles. The third kappa shape index (κ3) is 2.69. The van der Waals surface area contributed by atoms with Gasteiger partial charge in [-0.05, 0) is 18.7 Å². The molecule has 0 heterocycles. The van der Waals surface area contributed by atoms with Crippen molar-refractivity contribution in [1.82, 2.24) is 0 Å². The molecule has 0 amide bonds. The quantitative estimate of drug-likeness (QED) is 0.835. The summed E-state index contributed by atoms with van der Waals surface area (Å²) in [4.78, 5) is 0. The summed E-state index contributed by atoms with van der Waals surface area (Å²) in [7, 11) is 1.30. The largest absolute Gasteiger partial charge is 0.497 e. The third-order valence-electron chi connectivity index (χ3n) is 2.47. The van der Waals surface area contributed by atoms with Crippen LogP contribution in [-0.2, 0) is 5.67 Å². The summed E-state index contributed by atoms with van der Waals surface area (Å²) in [5.41, 5.74) is 1.12. The van der Waals surface area contributed by atoms with Crippen molar-refractivity contribution in [1.29, 1.82) is 0 Å². The Hall–Kier alpha value is -1.30. The van der Waals surface area contributed by atoms with E-state index < -0.39 is 30.4 Å². The Morgan fingerprint density at radius 2 is 1.88 bits per heavy atom. The molecule has 0 fully saturated rings. The highest BCUT2D eigenvalue weighted by Crippen LogP contribution is 2.45. The molecular formula is C11H13F4NO. The molecule has 0 radical (unpaired) electrons. The van der Waals surface area contributed by atoms with Gasteiger partial charge in [0.05, 0.1) is 7.11 Å². The molecule has 1 atom stereocenters. The van der Waals surface area contributed by atoms with Crippen LogP contribution in [0.15, 0.2) is 24.3 Å². The van der Waals surface area contributed by atoms with Gasteiger partial charge in [-0.2, -0.15) is 13.2 Å². The molecule has 0 spiro atoms. The lowest BCUT2D eigenvalue weighted by Gasteiger charge is -2.28. The second kappa shape index (κ2) is 4.91. The molecule has 0 aliphatic carbocycles. The van der Waals surface area contributed by atoms with Gasteiger partial charge in [-0.25, -0.2) is 4.39 Å². The van der Waals surface area contributed by atoms with Crippen LogP contribution in [-0.4, -0.2) is 19.8 Å². The van der Waals surface area contributed by atoms with Gasteiger partial charge in [0.1, 0.15) is 5.75 Å². The molecule has 2 nitrogen and oxygen atoms in total. The zero-order chi connectivity index (χ0) is 13.1. The molecular weight excluding hydrogens is 238 g/mol. The summed E-state index contributed by atoms with van der Waals surface area (Å²) in [6, 6.07) is 4.86. The van der Waals surface area contributed by atoms with Crippen LogP contribution in [0.1, 0.15) is 12.0 Å². The van der Waals surface area contributed by atoms with E-state index in [-0.39, 0.29) is 5.75 Å². The first-order chi connectivity index (χ1) is 7.85. The zero-order valence-corrected chi connectivity index (χ0v) is 9.22. The highest BCUT2D eigenvalue weighted by atomic mass is 19.4. The van der Waals surface area contributed by atoms with Crippen LogP contribution < -0.4 is 10.5 Å². The molecule has 2 N–H and O–H groups in total. The Morgan fingerprint density at radius 3 is 2.35 bits per heavy atom. The van der Waals surface area contributed by atoms with Crippen molar-refractivity contribution in [2.45, 2.75) is 18.3 Å². The Kier molecular flexibility index (Phi) is 3.98. The Bertz CT molecular complexity index is 380. The van der Waals surface area contributed by atoms with Gasteiger partial charge in [-0.3, -0.25) is 0 Å². The van der Waals surface area contributed by atoms with Gasteiger partial charge in [0, 0.05) is 12.0 Å². The summed E-state index contributed by atoms with van der Waals surface area (Å²) < 4.78 is 57.1. The lowest BCUT2D eigenvalue weighted by atomic mass is 9.91. The summed E-state index contributed by atoms with van der Waals surface area (Å²) in [6.07, 6.45) is -5.82. The van der Waals surface area contributed by atoms with Gasteiger partial charge >= 0.3 is 6.18 Å². The highest BCUT2D eigenvalue weighted by molar-refractivity contribution is 5.33. The summed E-state index contributed by atoms with van der Waals surface area (Å²) in [6.45, 7) is -0.396. The number of halogens is 4. The Balaban J connectivity index is 3.22. The normalized spacial score (nSPS) is 15.4. The number of hydrogen-bond acceptors (Lipinski definition) is 2. The van der Waals surface area contributed by atoms with E-state index in [1.54, 1.807) is 0 Å². The number of ether oxygens (including phenoxy) is 1. The number of hydrogen-bond donors (Lipinski definition) is 1. The first-order valence-corrected chi connectivity index (χ1v) is 4.95. The minimum Gasteiger partial charge on any atom is -0.497 e. The van der Waals surface area contributed by atoms with Crippen molar-refractivity contribution < 1.29 is 22.3 Å². The monoisotopic (exact) mass is 251 g/mol. The molecule has 1 aromatic rings. The first-order valence-electron chi connectivity index (χ1n) is 4.95. The average molecular weight is 251 g/mol. The SMILES string of the molecule is COc1cccc(C(F)(CCN)C(F)(F)F)c1. The molecule has 1 rings (SSSR count). The molecule has 96 valence electrons. The highest BCUT2D eigenvalue weighted by Gasteiger charge is 2.56. The van der Waals surface area contributed by atoms with Crippen molar-refractivity contribution in [3.8, 4) is 5.75 Å². The van der Waals surface area contributed by atoms with E-state index in [4.69, 9.17) is 10.5 Å². The zero-order valence-electron chi connectivity index (χ0n) is 9.22. The lowest BCUT2D eigenvalue weighted by Crippen LogP contribution is -2.40. The van der Waals surface area contributed by atoms with E-state index in [1.165, 1.54) is 19.2 Å².